The van der Waals surface area contributed by atoms with Crippen LogP contribution in [0.3, 0.4) is 0 Å². The van der Waals surface area contributed by atoms with Crippen LogP contribution in [0, 0.1) is 5.92 Å². The van der Waals surface area contributed by atoms with Crippen molar-refractivity contribution in [3.63, 3.8) is 0 Å². The zero-order valence-corrected chi connectivity index (χ0v) is 18.7. The summed E-state index contributed by atoms with van der Waals surface area (Å²) in [6.07, 6.45) is 4.22. The Balaban J connectivity index is 1.30. The van der Waals surface area contributed by atoms with Gasteiger partial charge in [-0.05, 0) is 31.5 Å². The van der Waals surface area contributed by atoms with Gasteiger partial charge in [-0.15, -0.1) is 0 Å². The van der Waals surface area contributed by atoms with Crippen LogP contribution in [0.25, 0.3) is 0 Å². The Morgan fingerprint density at radius 3 is 2.22 bits per heavy atom. The summed E-state index contributed by atoms with van der Waals surface area (Å²) in [4.78, 5) is 28.7. The summed E-state index contributed by atoms with van der Waals surface area (Å²) in [7, 11) is 0. The van der Waals surface area contributed by atoms with Gasteiger partial charge in [0, 0.05) is 24.3 Å². The number of fused-ring (bicyclic) bond motifs is 3. The summed E-state index contributed by atoms with van der Waals surface area (Å²) in [6, 6.07) is 19.3. The lowest BCUT2D eigenvalue weighted by Gasteiger charge is -2.51. The lowest BCUT2D eigenvalue weighted by molar-refractivity contribution is -0.938. The number of nitrogens with zero attached hydrogens (tertiary/aromatic N) is 2. The van der Waals surface area contributed by atoms with Crippen LogP contribution in [-0.2, 0) is 9.53 Å². The lowest BCUT2D eigenvalue weighted by atomic mass is 9.82. The molecule has 168 valence electrons. The zero-order chi connectivity index (χ0) is 22.0. The van der Waals surface area contributed by atoms with Crippen molar-refractivity contribution in [2.24, 2.45) is 5.92 Å². The molecule has 2 aromatic rings. The standard InChI is InChI=1S/C27H33N2O3/c30-24(21-9-3-1-4-10-21)19-29-17-13-22(14-18-29)25(20-29)32-27(31)26(28-15-7-8-16-28)23-11-5-2-6-12-23/h1-6,9-12,22,25-26H,7-8,13-20H2/q+1/t22?,25-,26?,29?/m0/s1. The Bertz CT molecular complexity index is 932. The van der Waals surface area contributed by atoms with E-state index in [0.29, 0.717) is 12.5 Å². The molecule has 0 N–H and O–H groups in total. The molecule has 4 fully saturated rings. The van der Waals surface area contributed by atoms with Gasteiger partial charge in [0.05, 0.1) is 13.1 Å². The van der Waals surface area contributed by atoms with Crippen LogP contribution in [0.1, 0.15) is 47.6 Å². The van der Waals surface area contributed by atoms with Crippen molar-refractivity contribution >= 4 is 11.8 Å². The molecule has 0 amide bonds. The third kappa shape index (κ3) is 4.37. The molecule has 4 aliphatic heterocycles. The van der Waals surface area contributed by atoms with Crippen LogP contribution in [0.5, 0.6) is 0 Å². The van der Waals surface area contributed by atoms with Gasteiger partial charge >= 0.3 is 5.97 Å². The van der Waals surface area contributed by atoms with Crippen molar-refractivity contribution < 1.29 is 18.8 Å². The number of esters is 1. The van der Waals surface area contributed by atoms with Crippen LogP contribution in [-0.4, -0.2) is 66.5 Å². The number of hydrogen-bond donors (Lipinski definition) is 0. The average Bonchev–Trinajstić information content (AvgIpc) is 3.35. The number of ether oxygens (including phenoxy) is 1. The molecule has 2 bridgehead atoms. The molecule has 1 unspecified atom stereocenters. The molecule has 0 saturated carbocycles. The third-order valence-corrected chi connectivity index (χ3v) is 7.73. The second kappa shape index (κ2) is 9.16. The van der Waals surface area contributed by atoms with Crippen LogP contribution in [0.4, 0.5) is 0 Å². The van der Waals surface area contributed by atoms with Gasteiger partial charge in [-0.2, -0.15) is 0 Å². The fraction of sp³-hybridized carbons (Fsp3) is 0.481. The van der Waals surface area contributed by atoms with Crippen LogP contribution >= 0.6 is 0 Å². The minimum atomic E-state index is -0.325. The zero-order valence-electron chi connectivity index (χ0n) is 18.7. The van der Waals surface area contributed by atoms with E-state index in [1.807, 2.05) is 60.7 Å². The average molecular weight is 434 g/mol. The fourth-order valence-corrected chi connectivity index (χ4v) is 5.94. The molecule has 0 aromatic heterocycles. The van der Waals surface area contributed by atoms with E-state index in [4.69, 9.17) is 4.74 Å². The fourth-order valence-electron chi connectivity index (χ4n) is 5.94. The molecular formula is C27H33N2O3+. The predicted molar refractivity (Wildman–Crippen MR) is 123 cm³/mol. The van der Waals surface area contributed by atoms with E-state index >= 15 is 0 Å². The molecule has 0 spiro atoms. The van der Waals surface area contributed by atoms with Crippen molar-refractivity contribution in [2.75, 3.05) is 39.3 Å². The van der Waals surface area contributed by atoms with Gasteiger partial charge < -0.3 is 9.22 Å². The number of ketones is 1. The summed E-state index contributed by atoms with van der Waals surface area (Å²) >= 11 is 0. The van der Waals surface area contributed by atoms with Crippen LogP contribution in [0.15, 0.2) is 60.7 Å². The van der Waals surface area contributed by atoms with Gasteiger partial charge in [0.25, 0.3) is 0 Å². The molecule has 0 radical (unpaired) electrons. The van der Waals surface area contributed by atoms with Crippen molar-refractivity contribution in [2.45, 2.75) is 37.8 Å². The number of carbonyl (C=O) groups excluding carboxylic acids is 2. The number of piperidine rings is 3. The summed E-state index contributed by atoms with van der Waals surface area (Å²) in [5.74, 6) is 0.486. The first-order valence-electron chi connectivity index (χ1n) is 12.1. The van der Waals surface area contributed by atoms with Crippen LogP contribution < -0.4 is 0 Å². The topological polar surface area (TPSA) is 46.6 Å². The molecule has 5 heteroatoms. The van der Waals surface area contributed by atoms with Crippen molar-refractivity contribution in [3.8, 4) is 0 Å². The predicted octanol–water partition coefficient (Wildman–Crippen LogP) is 3.86. The molecule has 5 nitrogen and oxygen atoms in total. The van der Waals surface area contributed by atoms with E-state index in [1.54, 1.807) is 0 Å². The quantitative estimate of drug-likeness (QED) is 0.378. The number of hydrogen-bond acceptors (Lipinski definition) is 4. The van der Waals surface area contributed by atoms with Gasteiger partial charge in [0.1, 0.15) is 19.1 Å². The molecular weight excluding hydrogens is 400 g/mol. The first kappa shape index (κ1) is 21.4. The Morgan fingerprint density at radius 2 is 1.56 bits per heavy atom. The minimum Gasteiger partial charge on any atom is -0.455 e. The second-order valence-electron chi connectivity index (χ2n) is 9.79. The SMILES string of the molecule is O=C(C[N+]12CCC(CC1)[C@@H](OC(=O)C(c1ccccc1)N1CCCC1)C2)c1ccccc1. The Kier molecular flexibility index (Phi) is 6.11. The highest BCUT2D eigenvalue weighted by Gasteiger charge is 2.49. The highest BCUT2D eigenvalue weighted by Crippen LogP contribution is 2.37. The normalized spacial score (nSPS) is 28.4. The maximum absolute atomic E-state index is 13.5. The molecule has 2 aromatic carbocycles. The Morgan fingerprint density at radius 1 is 0.938 bits per heavy atom. The molecule has 0 aliphatic carbocycles. The van der Waals surface area contributed by atoms with E-state index in [0.717, 1.165) is 74.0 Å². The smallest absolute Gasteiger partial charge is 0.328 e. The largest absolute Gasteiger partial charge is 0.455 e. The summed E-state index contributed by atoms with van der Waals surface area (Å²) in [5, 5.41) is 0. The molecule has 2 atom stereocenters. The monoisotopic (exact) mass is 433 g/mol. The van der Waals surface area contributed by atoms with E-state index in [9.17, 15) is 9.59 Å². The first-order valence-corrected chi connectivity index (χ1v) is 12.1. The maximum atomic E-state index is 13.5. The summed E-state index contributed by atoms with van der Waals surface area (Å²) in [5.41, 5.74) is 1.79. The maximum Gasteiger partial charge on any atom is 0.328 e. The van der Waals surface area contributed by atoms with E-state index in [1.165, 1.54) is 0 Å². The van der Waals surface area contributed by atoms with Gasteiger partial charge in [-0.25, -0.2) is 4.79 Å². The van der Waals surface area contributed by atoms with E-state index < -0.39 is 0 Å². The minimum absolute atomic E-state index is 0.0950. The molecule has 6 rings (SSSR count). The van der Waals surface area contributed by atoms with Gasteiger partial charge in [0.2, 0.25) is 5.78 Å². The molecule has 4 saturated heterocycles. The number of likely N-dealkylation sites (tertiary alicyclic amines) is 1. The summed E-state index contributed by atoms with van der Waals surface area (Å²) < 4.78 is 7.01. The molecule has 4 aliphatic rings. The van der Waals surface area contributed by atoms with Crippen molar-refractivity contribution in [1.29, 1.82) is 0 Å². The number of benzene rings is 2. The number of rotatable bonds is 7. The van der Waals surface area contributed by atoms with Crippen molar-refractivity contribution in [1.82, 2.24) is 4.90 Å². The second-order valence-corrected chi connectivity index (χ2v) is 9.79. The van der Waals surface area contributed by atoms with Gasteiger partial charge in [-0.1, -0.05) is 60.7 Å². The Hall–Kier alpha value is -2.50. The molecule has 4 heterocycles. The van der Waals surface area contributed by atoms with Crippen LogP contribution in [0.2, 0.25) is 0 Å². The van der Waals surface area contributed by atoms with E-state index in [-0.39, 0.29) is 23.9 Å². The van der Waals surface area contributed by atoms with Gasteiger partial charge in [-0.3, -0.25) is 9.69 Å². The summed E-state index contributed by atoms with van der Waals surface area (Å²) in [6.45, 7) is 5.15. The third-order valence-electron chi connectivity index (χ3n) is 7.73. The highest BCUT2D eigenvalue weighted by molar-refractivity contribution is 5.96. The number of Topliss-reactive ketones (excluding diaryl/α,β-unsaturated/α-hetero) is 1. The van der Waals surface area contributed by atoms with Gasteiger partial charge in [0.15, 0.2) is 6.10 Å². The Labute approximate surface area is 190 Å². The van der Waals surface area contributed by atoms with Crippen molar-refractivity contribution in [3.05, 3.63) is 71.8 Å². The lowest BCUT2D eigenvalue weighted by Crippen LogP contribution is -2.65. The number of carbonyl (C=O) groups is 2. The molecule has 32 heavy (non-hydrogen) atoms. The highest BCUT2D eigenvalue weighted by atomic mass is 16.5. The first-order chi connectivity index (χ1) is 15.6. The van der Waals surface area contributed by atoms with E-state index in [2.05, 4.69) is 4.90 Å². The number of quaternary nitrogens is 1.